The van der Waals surface area contributed by atoms with Crippen molar-refractivity contribution in [3.8, 4) is 0 Å². The number of rotatable bonds is 2. The molecule has 13 heavy (non-hydrogen) atoms. The summed E-state index contributed by atoms with van der Waals surface area (Å²) in [6, 6.07) is 6.40. The standard InChI is InChI=1S/C8H9BrO3S/c1-6(10)13(11,12)8-5-3-2-4-7(8)9/h2-6,10H,1H3. The van der Waals surface area contributed by atoms with Gasteiger partial charge < -0.3 is 5.11 Å². The summed E-state index contributed by atoms with van der Waals surface area (Å²) >= 11 is 3.11. The number of hydrogen-bond donors (Lipinski definition) is 1. The Balaban J connectivity index is 3.32. The van der Waals surface area contributed by atoms with Crippen molar-refractivity contribution in [2.75, 3.05) is 0 Å². The van der Waals surface area contributed by atoms with Crippen molar-refractivity contribution in [2.24, 2.45) is 0 Å². The van der Waals surface area contributed by atoms with Crippen LogP contribution in [0.3, 0.4) is 0 Å². The van der Waals surface area contributed by atoms with Crippen LogP contribution in [-0.2, 0) is 9.84 Å². The van der Waals surface area contributed by atoms with Crippen molar-refractivity contribution < 1.29 is 13.5 Å². The predicted octanol–water partition coefficient (Wildman–Crippen LogP) is 1.56. The number of hydrogen-bond acceptors (Lipinski definition) is 3. The van der Waals surface area contributed by atoms with Gasteiger partial charge in [0.1, 0.15) is 0 Å². The van der Waals surface area contributed by atoms with E-state index in [-0.39, 0.29) is 4.90 Å². The van der Waals surface area contributed by atoms with E-state index in [0.717, 1.165) is 0 Å². The van der Waals surface area contributed by atoms with Gasteiger partial charge in [-0.05, 0) is 35.0 Å². The van der Waals surface area contributed by atoms with E-state index in [9.17, 15) is 8.42 Å². The Bertz CT molecular complexity index is 398. The van der Waals surface area contributed by atoms with Gasteiger partial charge in [0, 0.05) is 4.47 Å². The zero-order valence-corrected chi connectivity index (χ0v) is 9.34. The average molecular weight is 265 g/mol. The summed E-state index contributed by atoms with van der Waals surface area (Å²) in [5, 5.41) is 9.05. The highest BCUT2D eigenvalue weighted by molar-refractivity contribution is 9.10. The molecule has 0 aliphatic carbocycles. The highest BCUT2D eigenvalue weighted by atomic mass is 79.9. The van der Waals surface area contributed by atoms with Crippen molar-refractivity contribution in [1.29, 1.82) is 0 Å². The Hall–Kier alpha value is -0.390. The van der Waals surface area contributed by atoms with Crippen molar-refractivity contribution in [2.45, 2.75) is 17.3 Å². The molecule has 1 aromatic rings. The molecule has 0 fully saturated rings. The van der Waals surface area contributed by atoms with Gasteiger partial charge in [-0.2, -0.15) is 0 Å². The molecule has 0 bridgehead atoms. The van der Waals surface area contributed by atoms with Crippen LogP contribution in [-0.4, -0.2) is 19.0 Å². The second kappa shape index (κ2) is 3.77. The molecule has 1 N–H and O–H groups in total. The third-order valence-electron chi connectivity index (χ3n) is 1.59. The van der Waals surface area contributed by atoms with Crippen LogP contribution in [0, 0.1) is 0 Å². The molecule has 72 valence electrons. The van der Waals surface area contributed by atoms with E-state index in [0.29, 0.717) is 4.47 Å². The minimum atomic E-state index is -3.60. The van der Waals surface area contributed by atoms with Gasteiger partial charge >= 0.3 is 0 Å². The monoisotopic (exact) mass is 264 g/mol. The molecule has 3 nitrogen and oxygen atoms in total. The summed E-state index contributed by atoms with van der Waals surface area (Å²) in [6.45, 7) is 1.23. The van der Waals surface area contributed by atoms with Crippen LogP contribution >= 0.6 is 15.9 Å². The molecular formula is C8H9BrO3S. The zero-order chi connectivity index (χ0) is 10.1. The molecule has 1 unspecified atom stereocenters. The number of aliphatic hydroxyl groups excluding tert-OH is 1. The second-order valence-electron chi connectivity index (χ2n) is 2.57. The molecule has 0 saturated carbocycles. The lowest BCUT2D eigenvalue weighted by Gasteiger charge is -2.07. The first kappa shape index (κ1) is 10.7. The van der Waals surface area contributed by atoms with Gasteiger partial charge in [0.2, 0.25) is 9.84 Å². The fourth-order valence-electron chi connectivity index (χ4n) is 0.859. The lowest BCUT2D eigenvalue weighted by Crippen LogP contribution is -2.17. The van der Waals surface area contributed by atoms with E-state index in [1.165, 1.54) is 13.0 Å². The summed E-state index contributed by atoms with van der Waals surface area (Å²) in [6.07, 6.45) is 0. The van der Waals surface area contributed by atoms with Gasteiger partial charge in [0.15, 0.2) is 5.44 Å². The topological polar surface area (TPSA) is 54.4 Å². The molecule has 0 spiro atoms. The molecule has 1 aromatic carbocycles. The van der Waals surface area contributed by atoms with Crippen LogP contribution in [0.25, 0.3) is 0 Å². The zero-order valence-electron chi connectivity index (χ0n) is 6.94. The quantitative estimate of drug-likeness (QED) is 0.882. The van der Waals surface area contributed by atoms with Gasteiger partial charge in [-0.1, -0.05) is 12.1 Å². The fourth-order valence-corrected chi connectivity index (χ4v) is 2.80. The fraction of sp³-hybridized carbons (Fsp3) is 0.250. The first-order chi connectivity index (χ1) is 5.96. The SMILES string of the molecule is CC(O)S(=O)(=O)c1ccccc1Br. The third kappa shape index (κ3) is 2.10. The van der Waals surface area contributed by atoms with E-state index >= 15 is 0 Å². The van der Waals surface area contributed by atoms with Crippen LogP contribution < -0.4 is 0 Å². The minimum Gasteiger partial charge on any atom is -0.377 e. The Kier molecular flexibility index (Phi) is 3.10. The number of sulfone groups is 1. The van der Waals surface area contributed by atoms with Gasteiger partial charge in [0.25, 0.3) is 0 Å². The molecule has 0 saturated heterocycles. The second-order valence-corrected chi connectivity index (χ2v) is 5.64. The van der Waals surface area contributed by atoms with Crippen LogP contribution in [0.2, 0.25) is 0 Å². The molecule has 0 aromatic heterocycles. The maximum absolute atomic E-state index is 11.5. The summed E-state index contributed by atoms with van der Waals surface area (Å²) in [4.78, 5) is 0.116. The van der Waals surface area contributed by atoms with E-state index in [1.807, 2.05) is 0 Å². The lowest BCUT2D eigenvalue weighted by atomic mass is 10.4. The maximum atomic E-state index is 11.5. The molecule has 1 rings (SSSR count). The first-order valence-corrected chi connectivity index (χ1v) is 5.96. The van der Waals surface area contributed by atoms with Crippen LogP contribution in [0.4, 0.5) is 0 Å². The van der Waals surface area contributed by atoms with Gasteiger partial charge in [0.05, 0.1) is 4.90 Å². The van der Waals surface area contributed by atoms with E-state index in [4.69, 9.17) is 5.11 Å². The maximum Gasteiger partial charge on any atom is 0.205 e. The minimum absolute atomic E-state index is 0.116. The molecule has 1 atom stereocenters. The van der Waals surface area contributed by atoms with Crippen LogP contribution in [0.1, 0.15) is 6.92 Å². The van der Waals surface area contributed by atoms with Crippen LogP contribution in [0.15, 0.2) is 33.6 Å². The van der Waals surface area contributed by atoms with Crippen molar-refractivity contribution in [1.82, 2.24) is 0 Å². The number of halogens is 1. The van der Waals surface area contributed by atoms with E-state index < -0.39 is 15.3 Å². The lowest BCUT2D eigenvalue weighted by molar-refractivity contribution is 0.268. The van der Waals surface area contributed by atoms with Crippen molar-refractivity contribution in [3.05, 3.63) is 28.7 Å². The smallest absolute Gasteiger partial charge is 0.205 e. The molecule has 0 aliphatic heterocycles. The predicted molar refractivity (Wildman–Crippen MR) is 53.0 cm³/mol. The van der Waals surface area contributed by atoms with Crippen molar-refractivity contribution >= 4 is 25.8 Å². The number of benzene rings is 1. The largest absolute Gasteiger partial charge is 0.377 e. The Labute approximate surface area is 85.4 Å². The van der Waals surface area contributed by atoms with Crippen LogP contribution in [0.5, 0.6) is 0 Å². The molecule has 5 heteroatoms. The van der Waals surface area contributed by atoms with Gasteiger partial charge in [-0.3, -0.25) is 0 Å². The van der Waals surface area contributed by atoms with Crippen molar-refractivity contribution in [3.63, 3.8) is 0 Å². The van der Waals surface area contributed by atoms with Gasteiger partial charge in [-0.15, -0.1) is 0 Å². The number of aliphatic hydroxyl groups is 1. The third-order valence-corrected chi connectivity index (χ3v) is 4.41. The molecule has 0 aliphatic rings. The summed E-state index contributed by atoms with van der Waals surface area (Å²) < 4.78 is 23.4. The Morgan fingerprint density at radius 3 is 2.38 bits per heavy atom. The molecule has 0 radical (unpaired) electrons. The highest BCUT2D eigenvalue weighted by Crippen LogP contribution is 2.23. The Morgan fingerprint density at radius 2 is 1.92 bits per heavy atom. The summed E-state index contributed by atoms with van der Waals surface area (Å²) in [5.41, 5.74) is -1.38. The normalized spacial score (nSPS) is 14.1. The molecule has 0 heterocycles. The summed E-state index contributed by atoms with van der Waals surface area (Å²) in [5.74, 6) is 0. The van der Waals surface area contributed by atoms with E-state index in [1.54, 1.807) is 18.2 Å². The average Bonchev–Trinajstić information content (AvgIpc) is 2.04. The van der Waals surface area contributed by atoms with E-state index in [2.05, 4.69) is 15.9 Å². The highest BCUT2D eigenvalue weighted by Gasteiger charge is 2.22. The Morgan fingerprint density at radius 1 is 1.38 bits per heavy atom. The summed E-state index contributed by atoms with van der Waals surface area (Å²) in [7, 11) is -3.60. The molecular weight excluding hydrogens is 256 g/mol. The van der Waals surface area contributed by atoms with Gasteiger partial charge in [-0.25, -0.2) is 8.42 Å². The molecule has 0 amide bonds. The first-order valence-electron chi connectivity index (χ1n) is 3.63.